The first-order chi connectivity index (χ1) is 8.04. The van der Waals surface area contributed by atoms with Crippen LogP contribution in [0.5, 0.6) is 0 Å². The molecule has 0 radical (unpaired) electrons. The highest BCUT2D eigenvalue weighted by Gasteiger charge is 2.35. The quantitative estimate of drug-likeness (QED) is 0.463. The minimum atomic E-state index is 0.131. The third-order valence-corrected chi connectivity index (χ3v) is 3.69. The normalized spacial score (nSPS) is 24.9. The van der Waals surface area contributed by atoms with Gasteiger partial charge in [0.2, 0.25) is 0 Å². The highest BCUT2D eigenvalue weighted by molar-refractivity contribution is 6.22. The van der Waals surface area contributed by atoms with Crippen LogP contribution in [-0.2, 0) is 4.79 Å². The highest BCUT2D eigenvalue weighted by atomic mass is 16.4. The third kappa shape index (κ3) is 2.33. The molecule has 0 amide bonds. The van der Waals surface area contributed by atoms with Crippen LogP contribution < -0.4 is 0 Å². The molecule has 0 saturated heterocycles. The monoisotopic (exact) mass is 233 g/mol. The summed E-state index contributed by atoms with van der Waals surface area (Å²) in [5, 5.41) is 12.2. The van der Waals surface area contributed by atoms with Crippen molar-refractivity contribution in [2.24, 2.45) is 22.9 Å². The number of hydrogen-bond donors (Lipinski definition) is 1. The fourth-order valence-electron chi connectivity index (χ4n) is 2.33. The molecule has 2 aliphatic rings. The number of Topliss-reactive ketones (excluding diaryl/α,β-unsaturated/α-hetero) is 1. The summed E-state index contributed by atoms with van der Waals surface area (Å²) < 4.78 is 0. The summed E-state index contributed by atoms with van der Waals surface area (Å²) in [6.45, 7) is 6.08. The lowest BCUT2D eigenvalue weighted by Crippen LogP contribution is -2.22. The van der Waals surface area contributed by atoms with Crippen molar-refractivity contribution in [1.82, 2.24) is 0 Å². The van der Waals surface area contributed by atoms with Gasteiger partial charge in [0.05, 0.1) is 0 Å². The topological polar surface area (TPSA) is 49.7 Å². The maximum Gasteiger partial charge on any atom is 0.185 e. The van der Waals surface area contributed by atoms with Crippen LogP contribution in [0.4, 0.5) is 0 Å². The van der Waals surface area contributed by atoms with Crippen molar-refractivity contribution in [3.8, 4) is 0 Å². The first-order valence-electron chi connectivity index (χ1n) is 6.24. The number of rotatable bonds is 3. The van der Waals surface area contributed by atoms with Gasteiger partial charge < -0.3 is 5.21 Å². The van der Waals surface area contributed by atoms with Gasteiger partial charge in [-0.2, -0.15) is 0 Å². The van der Waals surface area contributed by atoms with Crippen LogP contribution in [-0.4, -0.2) is 16.7 Å². The predicted molar refractivity (Wildman–Crippen MR) is 67.1 cm³/mol. The Morgan fingerprint density at radius 1 is 1.24 bits per heavy atom. The van der Waals surface area contributed by atoms with Crippen molar-refractivity contribution in [3.63, 3.8) is 0 Å². The Hall–Kier alpha value is -1.38. The molecule has 2 aliphatic carbocycles. The number of carbonyl (C=O) groups excluding carboxylic acids is 1. The zero-order valence-electron chi connectivity index (χ0n) is 10.6. The number of allylic oxidation sites excluding steroid dienone is 4. The van der Waals surface area contributed by atoms with Crippen LogP contribution in [0.1, 0.15) is 33.6 Å². The predicted octanol–water partition coefficient (Wildman–Crippen LogP) is 2.95. The fraction of sp³-hybridized carbons (Fsp3) is 0.571. The van der Waals surface area contributed by atoms with Gasteiger partial charge in [-0.25, -0.2) is 0 Å². The van der Waals surface area contributed by atoms with E-state index >= 15 is 0 Å². The zero-order valence-corrected chi connectivity index (χ0v) is 10.6. The maximum absolute atomic E-state index is 12.3. The van der Waals surface area contributed by atoms with E-state index in [0.29, 0.717) is 11.6 Å². The van der Waals surface area contributed by atoms with Crippen molar-refractivity contribution in [2.45, 2.75) is 33.6 Å². The Morgan fingerprint density at radius 2 is 1.82 bits per heavy atom. The molecule has 3 heteroatoms. The molecule has 1 fully saturated rings. The summed E-state index contributed by atoms with van der Waals surface area (Å²) in [5.74, 6) is 1.21. The number of hydrogen-bond acceptors (Lipinski definition) is 3. The van der Waals surface area contributed by atoms with Gasteiger partial charge in [0.1, 0.15) is 5.71 Å². The SMILES string of the molecule is CC(C)C1=CC(=NO)C=C([C@H](C)C2CC2)C1=O. The van der Waals surface area contributed by atoms with E-state index in [9.17, 15) is 4.79 Å². The number of ketones is 1. The van der Waals surface area contributed by atoms with Gasteiger partial charge in [-0.1, -0.05) is 25.9 Å². The molecule has 92 valence electrons. The van der Waals surface area contributed by atoms with E-state index in [4.69, 9.17) is 5.21 Å². The fourth-order valence-corrected chi connectivity index (χ4v) is 2.33. The summed E-state index contributed by atoms with van der Waals surface area (Å²) in [6.07, 6.45) is 5.84. The summed E-state index contributed by atoms with van der Waals surface area (Å²) in [7, 11) is 0. The molecule has 3 nitrogen and oxygen atoms in total. The van der Waals surface area contributed by atoms with E-state index in [1.807, 2.05) is 13.8 Å². The standard InChI is InChI=1S/C14H19NO2/c1-8(2)12-6-11(15-17)7-13(14(12)16)9(3)10-4-5-10/h6-10,17H,4-5H2,1-3H3/t9-/m1/s1. The van der Waals surface area contributed by atoms with E-state index in [-0.39, 0.29) is 17.6 Å². The van der Waals surface area contributed by atoms with Crippen molar-refractivity contribution >= 4 is 11.5 Å². The van der Waals surface area contributed by atoms with Crippen LogP contribution in [0.2, 0.25) is 0 Å². The van der Waals surface area contributed by atoms with E-state index in [2.05, 4.69) is 12.1 Å². The molecule has 0 aromatic heterocycles. The minimum Gasteiger partial charge on any atom is -0.410 e. The van der Waals surface area contributed by atoms with Crippen molar-refractivity contribution in [3.05, 3.63) is 23.3 Å². The Bertz CT molecular complexity index is 426. The van der Waals surface area contributed by atoms with Crippen LogP contribution in [0.15, 0.2) is 28.5 Å². The summed E-state index contributed by atoms with van der Waals surface area (Å²) in [5.41, 5.74) is 2.06. The van der Waals surface area contributed by atoms with E-state index < -0.39 is 0 Å². The Balaban J connectivity index is 2.32. The molecule has 0 spiro atoms. The lowest BCUT2D eigenvalue weighted by atomic mass is 9.82. The van der Waals surface area contributed by atoms with Gasteiger partial charge in [0.15, 0.2) is 5.78 Å². The lowest BCUT2D eigenvalue weighted by molar-refractivity contribution is -0.113. The Morgan fingerprint density at radius 3 is 2.29 bits per heavy atom. The smallest absolute Gasteiger partial charge is 0.185 e. The van der Waals surface area contributed by atoms with Gasteiger partial charge >= 0.3 is 0 Å². The van der Waals surface area contributed by atoms with E-state index in [1.54, 1.807) is 12.2 Å². The van der Waals surface area contributed by atoms with Crippen molar-refractivity contribution in [2.75, 3.05) is 0 Å². The van der Waals surface area contributed by atoms with Gasteiger partial charge in [-0.15, -0.1) is 0 Å². The molecule has 0 heterocycles. The lowest BCUT2D eigenvalue weighted by Gasteiger charge is -2.21. The van der Waals surface area contributed by atoms with E-state index in [1.165, 1.54) is 12.8 Å². The van der Waals surface area contributed by atoms with Crippen molar-refractivity contribution in [1.29, 1.82) is 0 Å². The summed E-state index contributed by atoms with van der Waals surface area (Å²) in [6, 6.07) is 0. The molecule has 2 rings (SSSR count). The third-order valence-electron chi connectivity index (χ3n) is 3.69. The molecule has 1 saturated carbocycles. The second-order valence-electron chi connectivity index (χ2n) is 5.33. The number of oxime groups is 1. The van der Waals surface area contributed by atoms with Gasteiger partial charge in [0, 0.05) is 11.1 Å². The van der Waals surface area contributed by atoms with Crippen molar-refractivity contribution < 1.29 is 10.0 Å². The Labute approximate surface area is 102 Å². The summed E-state index contributed by atoms with van der Waals surface area (Å²) in [4.78, 5) is 12.3. The second kappa shape index (κ2) is 4.47. The number of nitrogens with zero attached hydrogens (tertiary/aromatic N) is 1. The molecule has 0 bridgehead atoms. The molecular weight excluding hydrogens is 214 g/mol. The number of carbonyl (C=O) groups is 1. The van der Waals surface area contributed by atoms with Crippen LogP contribution >= 0.6 is 0 Å². The average Bonchev–Trinajstić information content (AvgIpc) is 3.12. The largest absolute Gasteiger partial charge is 0.410 e. The first-order valence-corrected chi connectivity index (χ1v) is 6.24. The molecule has 17 heavy (non-hydrogen) atoms. The second-order valence-corrected chi connectivity index (χ2v) is 5.33. The molecule has 1 N–H and O–H groups in total. The molecule has 0 aromatic rings. The highest BCUT2D eigenvalue weighted by Crippen LogP contribution is 2.41. The van der Waals surface area contributed by atoms with Gasteiger partial charge in [-0.05, 0) is 42.7 Å². The average molecular weight is 233 g/mol. The molecule has 0 unspecified atom stereocenters. The van der Waals surface area contributed by atoms with Gasteiger partial charge in [0.25, 0.3) is 0 Å². The molecule has 1 atom stereocenters. The Kier molecular flexibility index (Phi) is 3.18. The van der Waals surface area contributed by atoms with Crippen LogP contribution in [0.25, 0.3) is 0 Å². The summed E-state index contributed by atoms with van der Waals surface area (Å²) >= 11 is 0. The maximum atomic E-state index is 12.3. The molecule has 0 aromatic carbocycles. The minimum absolute atomic E-state index is 0.131. The first kappa shape index (κ1) is 12.1. The molecule has 0 aliphatic heterocycles. The molecular formula is C14H19NO2. The van der Waals surface area contributed by atoms with Gasteiger partial charge in [-0.3, -0.25) is 4.79 Å². The van der Waals surface area contributed by atoms with Crippen LogP contribution in [0.3, 0.4) is 0 Å². The zero-order chi connectivity index (χ0) is 12.6. The van der Waals surface area contributed by atoms with E-state index in [0.717, 1.165) is 11.1 Å². The van der Waals surface area contributed by atoms with Crippen LogP contribution in [0, 0.1) is 17.8 Å².